The van der Waals surface area contributed by atoms with Gasteiger partial charge in [-0.3, -0.25) is 0 Å². The van der Waals surface area contributed by atoms with Crippen molar-refractivity contribution in [1.29, 1.82) is 0 Å². The average molecular weight is 154 g/mol. The van der Waals surface area contributed by atoms with Crippen LogP contribution in [0.3, 0.4) is 0 Å². The minimum Gasteiger partial charge on any atom is -0.316 e. The molecule has 2 heterocycles. The van der Waals surface area contributed by atoms with Gasteiger partial charge in [0.1, 0.15) is 0 Å². The number of likely N-dealkylation sites (tertiary alicyclic amines) is 1. The van der Waals surface area contributed by atoms with Crippen LogP contribution < -0.4 is 5.32 Å². The van der Waals surface area contributed by atoms with Gasteiger partial charge in [-0.15, -0.1) is 0 Å². The van der Waals surface area contributed by atoms with Crippen molar-refractivity contribution in [3.8, 4) is 0 Å². The zero-order valence-electron chi connectivity index (χ0n) is 7.34. The molecule has 0 unspecified atom stereocenters. The van der Waals surface area contributed by atoms with Crippen molar-refractivity contribution in [3.05, 3.63) is 0 Å². The van der Waals surface area contributed by atoms with Crippen LogP contribution in [0.4, 0.5) is 0 Å². The molecule has 0 aromatic heterocycles. The molecule has 0 bridgehead atoms. The first kappa shape index (κ1) is 7.56. The van der Waals surface area contributed by atoms with Gasteiger partial charge in [-0.2, -0.15) is 0 Å². The summed E-state index contributed by atoms with van der Waals surface area (Å²) in [4.78, 5) is 2.48. The fraction of sp³-hybridized carbons (Fsp3) is 1.00. The summed E-state index contributed by atoms with van der Waals surface area (Å²) in [5.74, 6) is 1.99. The molecule has 64 valence electrons. The zero-order chi connectivity index (χ0) is 7.68. The molecule has 0 radical (unpaired) electrons. The van der Waals surface area contributed by atoms with E-state index < -0.39 is 0 Å². The first-order valence-electron chi connectivity index (χ1n) is 4.75. The molecule has 0 aliphatic carbocycles. The summed E-state index contributed by atoms with van der Waals surface area (Å²) in [5, 5.41) is 3.35. The van der Waals surface area contributed by atoms with Gasteiger partial charge < -0.3 is 10.2 Å². The van der Waals surface area contributed by atoms with Crippen LogP contribution in [0.2, 0.25) is 0 Å². The van der Waals surface area contributed by atoms with Crippen molar-refractivity contribution in [2.75, 3.05) is 33.2 Å². The molecule has 2 aliphatic heterocycles. The predicted molar refractivity (Wildman–Crippen MR) is 46.6 cm³/mol. The second-order valence-corrected chi connectivity index (χ2v) is 4.08. The second-order valence-electron chi connectivity index (χ2n) is 4.08. The summed E-state index contributed by atoms with van der Waals surface area (Å²) >= 11 is 0. The summed E-state index contributed by atoms with van der Waals surface area (Å²) in [6, 6.07) is 0. The molecular weight excluding hydrogens is 136 g/mol. The van der Waals surface area contributed by atoms with E-state index >= 15 is 0 Å². The van der Waals surface area contributed by atoms with E-state index in [0.29, 0.717) is 0 Å². The van der Waals surface area contributed by atoms with Crippen molar-refractivity contribution in [2.45, 2.75) is 12.8 Å². The molecule has 1 N–H and O–H groups in total. The maximum Gasteiger partial charge on any atom is 0.00102 e. The number of nitrogens with zero attached hydrogens (tertiary/aromatic N) is 1. The van der Waals surface area contributed by atoms with Crippen molar-refractivity contribution >= 4 is 0 Å². The van der Waals surface area contributed by atoms with Crippen molar-refractivity contribution in [1.82, 2.24) is 10.2 Å². The lowest BCUT2D eigenvalue weighted by atomic mass is 9.82. The van der Waals surface area contributed by atoms with Crippen molar-refractivity contribution < 1.29 is 0 Å². The topological polar surface area (TPSA) is 15.3 Å². The Morgan fingerprint density at radius 2 is 2.09 bits per heavy atom. The molecule has 0 aromatic carbocycles. The first-order chi connectivity index (χ1) is 5.36. The predicted octanol–water partition coefficient (Wildman–Crippen LogP) is 0.548. The van der Waals surface area contributed by atoms with E-state index in [-0.39, 0.29) is 0 Å². The van der Waals surface area contributed by atoms with Gasteiger partial charge in [0.25, 0.3) is 0 Å². The quantitative estimate of drug-likeness (QED) is 0.593. The largest absolute Gasteiger partial charge is 0.316 e. The fourth-order valence-electron chi connectivity index (χ4n) is 2.24. The molecule has 1 atom stereocenters. The van der Waals surface area contributed by atoms with E-state index in [9.17, 15) is 0 Å². The standard InChI is InChI=1S/C9H18N2/c1-11-4-2-3-8(7-11)9-5-10-6-9/h8-10H,2-7H2,1H3/t8-/m0/s1. The summed E-state index contributed by atoms with van der Waals surface area (Å²) < 4.78 is 0. The van der Waals surface area contributed by atoms with E-state index in [1.54, 1.807) is 0 Å². The number of hydrogen-bond donors (Lipinski definition) is 1. The molecule has 2 aliphatic rings. The van der Waals surface area contributed by atoms with E-state index in [1.807, 2.05) is 0 Å². The Morgan fingerprint density at radius 3 is 2.64 bits per heavy atom. The third kappa shape index (κ3) is 1.57. The summed E-state index contributed by atoms with van der Waals surface area (Å²) in [5.41, 5.74) is 0. The molecule has 0 saturated carbocycles. The highest BCUT2D eigenvalue weighted by Gasteiger charge is 2.29. The Bertz CT molecular complexity index is 132. The van der Waals surface area contributed by atoms with Gasteiger partial charge in [0, 0.05) is 6.54 Å². The van der Waals surface area contributed by atoms with Crippen LogP contribution in [0.15, 0.2) is 0 Å². The first-order valence-corrected chi connectivity index (χ1v) is 4.75. The Balaban J connectivity index is 1.82. The lowest BCUT2D eigenvalue weighted by molar-refractivity contribution is 0.126. The molecule has 2 rings (SSSR count). The highest BCUT2D eigenvalue weighted by atomic mass is 15.1. The molecule has 2 heteroatoms. The second kappa shape index (κ2) is 3.11. The van der Waals surface area contributed by atoms with Crippen LogP contribution in [0.5, 0.6) is 0 Å². The number of nitrogens with one attached hydrogen (secondary N) is 1. The molecule has 0 spiro atoms. The third-order valence-corrected chi connectivity index (χ3v) is 3.14. The van der Waals surface area contributed by atoms with Crippen LogP contribution in [0, 0.1) is 11.8 Å². The fourth-order valence-corrected chi connectivity index (χ4v) is 2.24. The van der Waals surface area contributed by atoms with E-state index in [1.165, 1.54) is 39.0 Å². The highest BCUT2D eigenvalue weighted by molar-refractivity contribution is 4.85. The minimum atomic E-state index is 0.995. The van der Waals surface area contributed by atoms with Gasteiger partial charge in [-0.1, -0.05) is 0 Å². The number of piperidine rings is 1. The molecule has 11 heavy (non-hydrogen) atoms. The normalized spacial score (nSPS) is 35.2. The van der Waals surface area contributed by atoms with Gasteiger partial charge in [-0.05, 0) is 51.4 Å². The lowest BCUT2D eigenvalue weighted by Gasteiger charge is -2.39. The maximum atomic E-state index is 3.35. The van der Waals surface area contributed by atoms with Crippen LogP contribution in [-0.4, -0.2) is 38.1 Å². The summed E-state index contributed by atoms with van der Waals surface area (Å²) in [7, 11) is 2.25. The van der Waals surface area contributed by atoms with Gasteiger partial charge in [0.15, 0.2) is 0 Å². The summed E-state index contributed by atoms with van der Waals surface area (Å²) in [6.07, 6.45) is 2.88. The van der Waals surface area contributed by atoms with Crippen LogP contribution in [0.1, 0.15) is 12.8 Å². The van der Waals surface area contributed by atoms with Gasteiger partial charge >= 0.3 is 0 Å². The molecule has 0 amide bonds. The number of hydrogen-bond acceptors (Lipinski definition) is 2. The molecule has 0 aromatic rings. The molecule has 2 fully saturated rings. The molecule has 2 saturated heterocycles. The lowest BCUT2D eigenvalue weighted by Crippen LogP contribution is -2.50. The minimum absolute atomic E-state index is 0.995. The summed E-state index contributed by atoms with van der Waals surface area (Å²) in [6.45, 7) is 5.21. The van der Waals surface area contributed by atoms with Crippen molar-refractivity contribution in [2.24, 2.45) is 11.8 Å². The Kier molecular flexibility index (Phi) is 2.14. The monoisotopic (exact) mass is 154 g/mol. The SMILES string of the molecule is CN1CCC[C@H](C2CNC2)C1. The zero-order valence-corrected chi connectivity index (χ0v) is 7.34. The van der Waals surface area contributed by atoms with E-state index in [0.717, 1.165) is 11.8 Å². The highest BCUT2D eigenvalue weighted by Crippen LogP contribution is 2.25. The van der Waals surface area contributed by atoms with Crippen LogP contribution in [0.25, 0.3) is 0 Å². The molecule has 2 nitrogen and oxygen atoms in total. The van der Waals surface area contributed by atoms with E-state index in [2.05, 4.69) is 17.3 Å². The molecular formula is C9H18N2. The van der Waals surface area contributed by atoms with Crippen LogP contribution >= 0.6 is 0 Å². The Morgan fingerprint density at radius 1 is 1.27 bits per heavy atom. The van der Waals surface area contributed by atoms with Crippen LogP contribution in [-0.2, 0) is 0 Å². The van der Waals surface area contributed by atoms with Gasteiger partial charge in [0.2, 0.25) is 0 Å². The smallest absolute Gasteiger partial charge is 0.00102 e. The van der Waals surface area contributed by atoms with Gasteiger partial charge in [0.05, 0.1) is 0 Å². The number of rotatable bonds is 1. The maximum absolute atomic E-state index is 3.35. The Labute approximate surface area is 69.0 Å². The third-order valence-electron chi connectivity index (χ3n) is 3.14. The van der Waals surface area contributed by atoms with Crippen molar-refractivity contribution in [3.63, 3.8) is 0 Å². The van der Waals surface area contributed by atoms with Gasteiger partial charge in [-0.25, -0.2) is 0 Å². The van der Waals surface area contributed by atoms with E-state index in [4.69, 9.17) is 0 Å². The average Bonchev–Trinajstić information content (AvgIpc) is 1.83. The Hall–Kier alpha value is -0.0800.